The molecule has 2 saturated heterocycles. The third-order valence-corrected chi connectivity index (χ3v) is 5.28. The number of rotatable bonds is 4. The van der Waals surface area contributed by atoms with E-state index in [-0.39, 0.29) is 12.0 Å². The highest BCUT2D eigenvalue weighted by Crippen LogP contribution is 2.41. The van der Waals surface area contributed by atoms with Crippen molar-refractivity contribution < 1.29 is 14.6 Å². The molecule has 2 unspecified atom stereocenters. The summed E-state index contributed by atoms with van der Waals surface area (Å²) in [6, 6.07) is 0.327. The van der Waals surface area contributed by atoms with Gasteiger partial charge in [0.2, 0.25) is 0 Å². The lowest BCUT2D eigenvalue weighted by Gasteiger charge is -2.37. The molecule has 0 aliphatic carbocycles. The highest BCUT2D eigenvalue weighted by atomic mass is 32.2. The number of nitrogens with zero attached hydrogens (tertiary/aromatic N) is 3. The molecule has 0 saturated carbocycles. The number of carbonyl (C=O) groups is 1. The molecule has 110 valence electrons. The summed E-state index contributed by atoms with van der Waals surface area (Å²) in [5.74, 6) is 1.45. The Morgan fingerprint density at radius 3 is 3.30 bits per heavy atom. The first-order chi connectivity index (χ1) is 9.67. The van der Waals surface area contributed by atoms with Crippen molar-refractivity contribution >= 4 is 17.7 Å². The van der Waals surface area contributed by atoms with Crippen LogP contribution in [0.1, 0.15) is 37.4 Å². The van der Waals surface area contributed by atoms with E-state index < -0.39 is 5.97 Å². The zero-order valence-corrected chi connectivity index (χ0v) is 12.1. The minimum atomic E-state index is -0.799. The number of aliphatic carboxylic acids is 1. The van der Waals surface area contributed by atoms with Crippen LogP contribution in [0, 0.1) is 0 Å². The number of aryl methyl sites for hydroxylation is 1. The normalized spacial score (nSPS) is 29.9. The van der Waals surface area contributed by atoms with Crippen LogP contribution in [0.25, 0.3) is 0 Å². The second-order valence-corrected chi connectivity index (χ2v) is 6.67. The molecule has 6 nitrogen and oxygen atoms in total. The zero-order chi connectivity index (χ0) is 14.0. The molecule has 1 N–H and O–H groups in total. The standard InChI is InChI=1S/C13H19N3O3S/c17-12(18)2-1-10-8-16(15-14-10)11-3-5-19-13(7-11)4-6-20-9-13/h8,11H,1-7,9H2,(H,17,18). The van der Waals surface area contributed by atoms with Crippen molar-refractivity contribution in [3.63, 3.8) is 0 Å². The van der Waals surface area contributed by atoms with E-state index >= 15 is 0 Å². The van der Waals surface area contributed by atoms with Gasteiger partial charge in [-0.2, -0.15) is 11.8 Å². The van der Waals surface area contributed by atoms with Gasteiger partial charge in [-0.25, -0.2) is 4.68 Å². The average Bonchev–Trinajstić information content (AvgIpc) is 3.06. The lowest BCUT2D eigenvalue weighted by Crippen LogP contribution is -2.40. The molecule has 0 amide bonds. The summed E-state index contributed by atoms with van der Waals surface area (Å²) in [5.41, 5.74) is 0.787. The first-order valence-electron chi connectivity index (χ1n) is 7.01. The van der Waals surface area contributed by atoms with Gasteiger partial charge in [0.15, 0.2) is 0 Å². The third-order valence-electron chi connectivity index (χ3n) is 4.06. The van der Waals surface area contributed by atoms with E-state index in [1.807, 2.05) is 22.6 Å². The molecule has 1 aromatic rings. The van der Waals surface area contributed by atoms with Crippen LogP contribution in [-0.2, 0) is 16.0 Å². The van der Waals surface area contributed by atoms with Crippen LogP contribution in [0.5, 0.6) is 0 Å². The van der Waals surface area contributed by atoms with Crippen molar-refractivity contribution in [2.75, 3.05) is 18.1 Å². The Hall–Kier alpha value is -1.08. The number of hydrogen-bond acceptors (Lipinski definition) is 5. The summed E-state index contributed by atoms with van der Waals surface area (Å²) in [6.07, 6.45) is 5.51. The van der Waals surface area contributed by atoms with Crippen LogP contribution < -0.4 is 0 Å². The predicted molar refractivity (Wildman–Crippen MR) is 74.9 cm³/mol. The maximum atomic E-state index is 10.6. The molecule has 1 aromatic heterocycles. The number of ether oxygens (including phenoxy) is 1. The molecule has 1 spiro atoms. The van der Waals surface area contributed by atoms with Crippen molar-refractivity contribution in [3.8, 4) is 0 Å². The fourth-order valence-corrected chi connectivity index (χ4v) is 4.31. The lowest BCUT2D eigenvalue weighted by molar-refractivity contribution is -0.136. The van der Waals surface area contributed by atoms with Gasteiger partial charge in [-0.1, -0.05) is 5.21 Å². The summed E-state index contributed by atoms with van der Waals surface area (Å²) in [5, 5.41) is 17.0. The SMILES string of the molecule is O=C(O)CCc1cn(C2CCOC3(CCSC3)C2)nn1. The molecule has 2 fully saturated rings. The number of carboxylic acid groups (broad SMARTS) is 1. The molecule has 20 heavy (non-hydrogen) atoms. The molecule has 3 heterocycles. The van der Waals surface area contributed by atoms with Crippen molar-refractivity contribution in [2.24, 2.45) is 0 Å². The largest absolute Gasteiger partial charge is 0.481 e. The maximum absolute atomic E-state index is 10.6. The van der Waals surface area contributed by atoms with E-state index in [0.717, 1.165) is 37.3 Å². The van der Waals surface area contributed by atoms with Crippen molar-refractivity contribution in [2.45, 2.75) is 43.7 Å². The fourth-order valence-electron chi connectivity index (χ4n) is 2.93. The van der Waals surface area contributed by atoms with Gasteiger partial charge < -0.3 is 9.84 Å². The molecule has 0 aromatic carbocycles. The van der Waals surface area contributed by atoms with Gasteiger partial charge in [-0.15, -0.1) is 5.10 Å². The number of carboxylic acids is 1. The average molecular weight is 297 g/mol. The van der Waals surface area contributed by atoms with Gasteiger partial charge in [0.25, 0.3) is 0 Å². The third kappa shape index (κ3) is 2.98. The molecular formula is C13H19N3O3S. The molecule has 2 aliphatic heterocycles. The highest BCUT2D eigenvalue weighted by Gasteiger charge is 2.41. The summed E-state index contributed by atoms with van der Waals surface area (Å²) < 4.78 is 7.91. The minimum absolute atomic E-state index is 0.0285. The number of hydrogen-bond donors (Lipinski definition) is 1. The summed E-state index contributed by atoms with van der Waals surface area (Å²) in [4.78, 5) is 10.6. The smallest absolute Gasteiger partial charge is 0.303 e. The molecule has 2 atom stereocenters. The first-order valence-corrected chi connectivity index (χ1v) is 8.17. The summed E-state index contributed by atoms with van der Waals surface area (Å²) >= 11 is 1.96. The quantitative estimate of drug-likeness (QED) is 0.908. The van der Waals surface area contributed by atoms with E-state index in [4.69, 9.17) is 9.84 Å². The van der Waals surface area contributed by atoms with E-state index in [9.17, 15) is 4.79 Å². The Bertz CT molecular complexity index is 485. The van der Waals surface area contributed by atoms with Gasteiger partial charge >= 0.3 is 5.97 Å². The Kier molecular flexibility index (Phi) is 3.98. The Morgan fingerprint density at radius 2 is 2.55 bits per heavy atom. The van der Waals surface area contributed by atoms with Gasteiger partial charge in [0.1, 0.15) is 0 Å². The van der Waals surface area contributed by atoms with Crippen LogP contribution in [0.3, 0.4) is 0 Å². The Morgan fingerprint density at radius 1 is 1.65 bits per heavy atom. The Labute approximate surface area is 121 Å². The lowest BCUT2D eigenvalue weighted by atomic mass is 9.90. The maximum Gasteiger partial charge on any atom is 0.303 e. The van der Waals surface area contributed by atoms with Gasteiger partial charge in [0.05, 0.1) is 23.8 Å². The topological polar surface area (TPSA) is 77.2 Å². The van der Waals surface area contributed by atoms with Crippen LogP contribution >= 0.6 is 11.8 Å². The number of thioether (sulfide) groups is 1. The molecule has 2 aliphatic rings. The second-order valence-electron chi connectivity index (χ2n) is 5.56. The van der Waals surface area contributed by atoms with Gasteiger partial charge in [0, 0.05) is 25.0 Å². The van der Waals surface area contributed by atoms with E-state index in [1.54, 1.807) is 0 Å². The van der Waals surface area contributed by atoms with Gasteiger partial charge in [-0.05, 0) is 25.0 Å². The van der Waals surface area contributed by atoms with Gasteiger partial charge in [-0.3, -0.25) is 4.79 Å². The fraction of sp³-hybridized carbons (Fsp3) is 0.769. The number of aromatic nitrogens is 3. The first kappa shape index (κ1) is 13.9. The van der Waals surface area contributed by atoms with Crippen LogP contribution in [0.15, 0.2) is 6.20 Å². The second kappa shape index (κ2) is 5.73. The molecule has 0 radical (unpaired) electrons. The van der Waals surface area contributed by atoms with Crippen LogP contribution in [-0.4, -0.2) is 49.8 Å². The summed E-state index contributed by atoms with van der Waals surface area (Å²) in [7, 11) is 0. The predicted octanol–water partition coefficient (Wildman–Crippen LogP) is 1.52. The summed E-state index contributed by atoms with van der Waals surface area (Å²) in [6.45, 7) is 0.773. The van der Waals surface area contributed by atoms with Crippen LogP contribution in [0.4, 0.5) is 0 Å². The van der Waals surface area contributed by atoms with E-state index in [0.29, 0.717) is 12.5 Å². The van der Waals surface area contributed by atoms with Crippen molar-refractivity contribution in [3.05, 3.63) is 11.9 Å². The van der Waals surface area contributed by atoms with Crippen molar-refractivity contribution in [1.29, 1.82) is 0 Å². The minimum Gasteiger partial charge on any atom is -0.481 e. The molecule has 0 bridgehead atoms. The highest BCUT2D eigenvalue weighted by molar-refractivity contribution is 7.99. The molecule has 3 rings (SSSR count). The Balaban J connectivity index is 1.65. The van der Waals surface area contributed by atoms with Crippen LogP contribution in [0.2, 0.25) is 0 Å². The van der Waals surface area contributed by atoms with E-state index in [2.05, 4.69) is 10.3 Å². The monoisotopic (exact) mass is 297 g/mol. The zero-order valence-electron chi connectivity index (χ0n) is 11.3. The van der Waals surface area contributed by atoms with Crippen molar-refractivity contribution in [1.82, 2.24) is 15.0 Å². The van der Waals surface area contributed by atoms with E-state index in [1.165, 1.54) is 5.75 Å². The molecular weight excluding hydrogens is 278 g/mol. The molecule has 7 heteroatoms.